The molecule has 0 bridgehead atoms. The van der Waals surface area contributed by atoms with Crippen LogP contribution in [0.4, 0.5) is 0 Å². The van der Waals surface area contributed by atoms with Gasteiger partial charge in [0.1, 0.15) is 5.58 Å². The smallest absolute Gasteiger partial charge is 0.157 e. The third-order valence-electron chi connectivity index (χ3n) is 4.09. The number of pyridine rings is 1. The van der Waals surface area contributed by atoms with E-state index in [2.05, 4.69) is 33.6 Å². The van der Waals surface area contributed by atoms with E-state index in [0.29, 0.717) is 0 Å². The van der Waals surface area contributed by atoms with Gasteiger partial charge in [-0.15, -0.1) is 0 Å². The van der Waals surface area contributed by atoms with Gasteiger partial charge in [0, 0.05) is 37.1 Å². The highest BCUT2D eigenvalue weighted by molar-refractivity contribution is 5.78. The number of nitrogens with one attached hydrogen (secondary N) is 1. The Morgan fingerprint density at radius 2 is 2.00 bits per heavy atom. The standard InChI is InChI=1S/C18H18N4O/c1-12-16-8-14(11-20-18(16)22(2)21-12)10-19-9-13-3-4-17-15(7-13)5-6-23-17/h3-8,11,19H,9-10H2,1-2H3. The highest BCUT2D eigenvalue weighted by Gasteiger charge is 2.07. The molecular formula is C18H18N4O. The zero-order valence-corrected chi connectivity index (χ0v) is 13.2. The number of benzene rings is 1. The summed E-state index contributed by atoms with van der Waals surface area (Å²) in [7, 11) is 1.92. The molecule has 116 valence electrons. The first kappa shape index (κ1) is 14.0. The third-order valence-corrected chi connectivity index (χ3v) is 4.09. The summed E-state index contributed by atoms with van der Waals surface area (Å²) in [6.07, 6.45) is 3.63. The maximum Gasteiger partial charge on any atom is 0.157 e. The highest BCUT2D eigenvalue weighted by atomic mass is 16.3. The number of rotatable bonds is 4. The van der Waals surface area contributed by atoms with Gasteiger partial charge in [0.25, 0.3) is 0 Å². The van der Waals surface area contributed by atoms with E-state index >= 15 is 0 Å². The van der Waals surface area contributed by atoms with E-state index in [0.717, 1.165) is 46.3 Å². The van der Waals surface area contributed by atoms with Crippen LogP contribution in [0.5, 0.6) is 0 Å². The van der Waals surface area contributed by atoms with Crippen LogP contribution in [-0.4, -0.2) is 14.8 Å². The van der Waals surface area contributed by atoms with Gasteiger partial charge in [0.15, 0.2) is 5.65 Å². The van der Waals surface area contributed by atoms with Gasteiger partial charge in [-0.05, 0) is 42.3 Å². The van der Waals surface area contributed by atoms with E-state index in [1.165, 1.54) is 5.56 Å². The summed E-state index contributed by atoms with van der Waals surface area (Å²) in [5.74, 6) is 0. The number of nitrogens with zero attached hydrogens (tertiary/aromatic N) is 3. The molecule has 0 atom stereocenters. The molecule has 5 nitrogen and oxygen atoms in total. The van der Waals surface area contributed by atoms with Crippen LogP contribution < -0.4 is 5.32 Å². The summed E-state index contributed by atoms with van der Waals surface area (Å²) in [4.78, 5) is 4.51. The van der Waals surface area contributed by atoms with E-state index in [9.17, 15) is 0 Å². The summed E-state index contributed by atoms with van der Waals surface area (Å²) in [6, 6.07) is 10.4. The van der Waals surface area contributed by atoms with Crippen molar-refractivity contribution in [2.45, 2.75) is 20.0 Å². The second kappa shape index (κ2) is 5.52. The Morgan fingerprint density at radius 1 is 1.13 bits per heavy atom. The monoisotopic (exact) mass is 306 g/mol. The summed E-state index contributed by atoms with van der Waals surface area (Å²) in [5.41, 5.74) is 5.28. The Balaban J connectivity index is 1.47. The predicted molar refractivity (Wildman–Crippen MR) is 90.0 cm³/mol. The maximum absolute atomic E-state index is 5.36. The van der Waals surface area contributed by atoms with Gasteiger partial charge in [-0.3, -0.25) is 4.68 Å². The molecule has 3 aromatic heterocycles. The number of fused-ring (bicyclic) bond motifs is 2. The Labute approximate surface area is 133 Å². The van der Waals surface area contributed by atoms with Crippen LogP contribution in [0.3, 0.4) is 0 Å². The summed E-state index contributed by atoms with van der Waals surface area (Å²) < 4.78 is 7.19. The highest BCUT2D eigenvalue weighted by Crippen LogP contribution is 2.18. The van der Waals surface area contributed by atoms with Crippen LogP contribution in [0, 0.1) is 6.92 Å². The molecule has 0 aliphatic heterocycles. The minimum absolute atomic E-state index is 0.778. The number of aryl methyl sites for hydroxylation is 2. The average Bonchev–Trinajstić information content (AvgIpc) is 3.12. The van der Waals surface area contributed by atoms with E-state index in [4.69, 9.17) is 4.42 Å². The Kier molecular flexibility index (Phi) is 3.35. The van der Waals surface area contributed by atoms with Gasteiger partial charge in [-0.1, -0.05) is 6.07 Å². The lowest BCUT2D eigenvalue weighted by molar-refractivity contribution is 0.615. The minimum Gasteiger partial charge on any atom is -0.464 e. The molecule has 23 heavy (non-hydrogen) atoms. The molecule has 0 aliphatic carbocycles. The Bertz CT molecular complexity index is 983. The molecule has 1 N–H and O–H groups in total. The number of hydrogen-bond donors (Lipinski definition) is 1. The second-order valence-corrected chi connectivity index (χ2v) is 5.82. The van der Waals surface area contributed by atoms with Crippen molar-refractivity contribution in [2.75, 3.05) is 0 Å². The van der Waals surface area contributed by atoms with Gasteiger partial charge < -0.3 is 9.73 Å². The first-order valence-electron chi connectivity index (χ1n) is 7.66. The topological polar surface area (TPSA) is 55.9 Å². The van der Waals surface area contributed by atoms with Crippen LogP contribution in [0.25, 0.3) is 22.0 Å². The first-order valence-corrected chi connectivity index (χ1v) is 7.66. The van der Waals surface area contributed by atoms with Gasteiger partial charge >= 0.3 is 0 Å². The molecule has 3 heterocycles. The van der Waals surface area contributed by atoms with Gasteiger partial charge in [0.2, 0.25) is 0 Å². The van der Waals surface area contributed by atoms with Crippen LogP contribution >= 0.6 is 0 Å². The fourth-order valence-electron chi connectivity index (χ4n) is 2.93. The molecule has 4 aromatic rings. The maximum atomic E-state index is 5.36. The van der Waals surface area contributed by atoms with Crippen molar-refractivity contribution in [3.8, 4) is 0 Å². The molecule has 0 saturated heterocycles. The van der Waals surface area contributed by atoms with Crippen molar-refractivity contribution in [3.63, 3.8) is 0 Å². The van der Waals surface area contributed by atoms with Crippen LogP contribution in [-0.2, 0) is 20.1 Å². The number of furan rings is 1. The zero-order valence-electron chi connectivity index (χ0n) is 13.2. The molecule has 1 aromatic carbocycles. The van der Waals surface area contributed by atoms with Crippen LogP contribution in [0.1, 0.15) is 16.8 Å². The number of aromatic nitrogens is 3. The van der Waals surface area contributed by atoms with Crippen molar-refractivity contribution in [3.05, 3.63) is 59.6 Å². The van der Waals surface area contributed by atoms with E-state index in [1.54, 1.807) is 6.26 Å². The van der Waals surface area contributed by atoms with Crippen LogP contribution in [0.15, 0.2) is 47.2 Å². The molecule has 0 radical (unpaired) electrons. The van der Waals surface area contributed by atoms with Crippen molar-refractivity contribution in [1.29, 1.82) is 0 Å². The molecule has 0 unspecified atom stereocenters. The molecule has 5 heteroatoms. The molecular weight excluding hydrogens is 288 g/mol. The van der Waals surface area contributed by atoms with Crippen LogP contribution in [0.2, 0.25) is 0 Å². The zero-order chi connectivity index (χ0) is 15.8. The SMILES string of the molecule is Cc1nn(C)c2ncc(CNCc3ccc4occc4c3)cc12. The molecule has 0 saturated carbocycles. The van der Waals surface area contributed by atoms with Gasteiger partial charge in [-0.25, -0.2) is 4.98 Å². The van der Waals surface area contributed by atoms with Crippen molar-refractivity contribution in [2.24, 2.45) is 7.05 Å². The average molecular weight is 306 g/mol. The molecule has 0 amide bonds. The lowest BCUT2D eigenvalue weighted by atomic mass is 10.1. The molecule has 4 rings (SSSR count). The summed E-state index contributed by atoms with van der Waals surface area (Å²) >= 11 is 0. The van der Waals surface area contributed by atoms with Crippen molar-refractivity contribution >= 4 is 22.0 Å². The second-order valence-electron chi connectivity index (χ2n) is 5.82. The van der Waals surface area contributed by atoms with E-state index in [-0.39, 0.29) is 0 Å². The van der Waals surface area contributed by atoms with Gasteiger partial charge in [0.05, 0.1) is 12.0 Å². The lowest BCUT2D eigenvalue weighted by Crippen LogP contribution is -2.12. The summed E-state index contributed by atoms with van der Waals surface area (Å²) in [5, 5.41) is 10.1. The fourth-order valence-corrected chi connectivity index (χ4v) is 2.93. The largest absolute Gasteiger partial charge is 0.464 e. The molecule has 0 fully saturated rings. The predicted octanol–water partition coefficient (Wildman–Crippen LogP) is 3.31. The van der Waals surface area contributed by atoms with E-state index in [1.807, 2.05) is 37.0 Å². The normalized spacial score (nSPS) is 11.6. The van der Waals surface area contributed by atoms with Crippen molar-refractivity contribution in [1.82, 2.24) is 20.1 Å². The fraction of sp³-hybridized carbons (Fsp3) is 0.222. The van der Waals surface area contributed by atoms with E-state index < -0.39 is 0 Å². The Hall–Kier alpha value is -2.66. The third kappa shape index (κ3) is 2.59. The molecule has 0 spiro atoms. The molecule has 0 aliphatic rings. The lowest BCUT2D eigenvalue weighted by Gasteiger charge is -2.05. The number of hydrogen-bond acceptors (Lipinski definition) is 4. The quantitative estimate of drug-likeness (QED) is 0.628. The van der Waals surface area contributed by atoms with Crippen molar-refractivity contribution < 1.29 is 4.42 Å². The minimum atomic E-state index is 0.778. The Morgan fingerprint density at radius 3 is 2.91 bits per heavy atom. The first-order chi connectivity index (χ1) is 11.2. The summed E-state index contributed by atoms with van der Waals surface area (Å²) in [6.45, 7) is 3.60. The van der Waals surface area contributed by atoms with Gasteiger partial charge in [-0.2, -0.15) is 5.10 Å².